The number of phenols is 1. The minimum atomic E-state index is -1.81. The number of aromatic hydroxyl groups is 1. The number of likely N-dealkylation sites (tertiary alicyclic amines) is 4. The quantitative estimate of drug-likeness (QED) is 0.0159. The van der Waals surface area contributed by atoms with Crippen LogP contribution in [0.2, 0.25) is 0 Å². The van der Waals surface area contributed by atoms with Crippen LogP contribution in [0.5, 0.6) is 5.75 Å². The maximum absolute atomic E-state index is 15.0. The number of benzene rings is 2. The van der Waals surface area contributed by atoms with Crippen LogP contribution in [0.4, 0.5) is 0 Å². The second kappa shape index (κ2) is 38.0. The normalized spacial score (nSPS) is 19.9. The highest BCUT2D eigenvalue weighted by Gasteiger charge is 2.47. The molecule has 0 spiro atoms. The fourth-order valence-corrected chi connectivity index (χ4v) is 13.9. The van der Waals surface area contributed by atoms with Crippen LogP contribution in [-0.4, -0.2) is 246 Å². The van der Waals surface area contributed by atoms with Crippen molar-refractivity contribution in [3.05, 3.63) is 65.9 Å². The molecular weight excluding hydrogens is 1350 g/mol. The van der Waals surface area contributed by atoms with Gasteiger partial charge in [0, 0.05) is 62.7 Å². The molecule has 20 N–H and O–H groups in total. The number of aliphatic hydroxyl groups excluding tert-OH is 2. The van der Waals surface area contributed by atoms with Crippen molar-refractivity contribution < 1.29 is 82.8 Å². The van der Waals surface area contributed by atoms with Crippen LogP contribution in [0.1, 0.15) is 136 Å². The molecule has 1 aromatic heterocycles. The van der Waals surface area contributed by atoms with Gasteiger partial charge in [0.1, 0.15) is 72.2 Å². The summed E-state index contributed by atoms with van der Waals surface area (Å²) in [5.74, 6) is -11.5. The number of aliphatic hydroxyl groups is 2. The molecule has 34 nitrogen and oxygen atoms in total. The van der Waals surface area contributed by atoms with E-state index in [9.17, 15) is 82.8 Å². The number of aromatic amines is 1. The lowest BCUT2D eigenvalue weighted by Gasteiger charge is -2.34. The van der Waals surface area contributed by atoms with E-state index in [4.69, 9.17) is 22.9 Å². The van der Waals surface area contributed by atoms with Crippen molar-refractivity contribution in [2.24, 2.45) is 39.8 Å². The summed E-state index contributed by atoms with van der Waals surface area (Å²) in [5.41, 5.74) is 25.4. The fraction of sp³-hybridized carbons (Fsp3) is 0.600. The number of primary amides is 1. The summed E-state index contributed by atoms with van der Waals surface area (Å²) in [6.45, 7) is 7.65. The average Bonchev–Trinajstić information content (AvgIpc) is 1.63. The smallest absolute Gasteiger partial charge is 0.326 e. The summed E-state index contributed by atoms with van der Waals surface area (Å²) in [6.07, 6.45) is 1.86. The van der Waals surface area contributed by atoms with E-state index in [1.165, 1.54) is 43.9 Å². The van der Waals surface area contributed by atoms with Gasteiger partial charge in [-0.25, -0.2) is 4.79 Å². The van der Waals surface area contributed by atoms with Gasteiger partial charge in [-0.2, -0.15) is 0 Å². The van der Waals surface area contributed by atoms with Crippen LogP contribution in [0.25, 0.3) is 10.9 Å². The number of amides is 12. The van der Waals surface area contributed by atoms with Gasteiger partial charge in [-0.15, -0.1) is 0 Å². The molecule has 0 unspecified atom stereocenters. The number of hydrogen-bond donors (Lipinski definition) is 16. The highest BCUT2D eigenvalue weighted by molar-refractivity contribution is 6.00. The molecule has 0 aliphatic carbocycles. The maximum atomic E-state index is 15.0. The molecule has 4 aliphatic rings. The number of para-hydroxylation sites is 1. The Morgan fingerprint density at radius 2 is 1.05 bits per heavy atom. The highest BCUT2D eigenvalue weighted by Crippen LogP contribution is 2.29. The summed E-state index contributed by atoms with van der Waals surface area (Å²) < 4.78 is 0. The summed E-state index contributed by atoms with van der Waals surface area (Å²) in [4.78, 5) is 195. The Morgan fingerprint density at radius 3 is 1.62 bits per heavy atom. The predicted molar refractivity (Wildman–Crippen MR) is 378 cm³/mol. The van der Waals surface area contributed by atoms with E-state index < -0.39 is 162 Å². The number of carbonyl (C=O) groups is 13. The summed E-state index contributed by atoms with van der Waals surface area (Å²) in [7, 11) is 0. The van der Waals surface area contributed by atoms with Gasteiger partial charge in [0.15, 0.2) is 5.96 Å². The van der Waals surface area contributed by atoms with Gasteiger partial charge in [-0.3, -0.25) is 62.5 Å². The molecule has 0 saturated carbocycles. The molecule has 570 valence electrons. The Morgan fingerprint density at radius 1 is 0.558 bits per heavy atom. The zero-order valence-corrected chi connectivity index (χ0v) is 59.6. The van der Waals surface area contributed by atoms with E-state index in [1.807, 2.05) is 38.1 Å². The number of fused-ring (bicyclic) bond motifs is 1. The van der Waals surface area contributed by atoms with Crippen molar-refractivity contribution in [1.29, 1.82) is 0 Å². The van der Waals surface area contributed by atoms with E-state index in [0.717, 1.165) is 23.4 Å². The number of aliphatic carboxylic acids is 1. The standard InChI is InChI=1S/C70H103N17O17/c1-37(2)31-49(80-58(92)46(24-25-56(72)91)77-61(95)52-16-9-27-84(52)65(99)44(71)34-41-35-76-45-14-7-6-13-43(41)45)67(101)87-30-12-19-55(87)68(102)86-29-11-18-54(86)62(96)78-47(15-8-26-75-70(73)74)66(100)85-28-10-17-53(85)63(97)79-48(33-40-20-22-42(90)23-21-40)59(93)82-51(36-88)60(94)83-57(39(5)89)64(98)81-50(69(103)104)32-38(3)4/h6-7,13-14,20-23,35,37-39,44,46-55,57,76,88-90H,8-12,15-19,24-34,36,71H2,1-5H3,(H2,72,91)(H,77,95)(H,78,96)(H,79,97)(H,80,92)(H,81,98)(H,82,93)(H,83,94)(H,103,104)(H4,73,74,75)/t39-,44+,46+,47+,48+,49+,50+,51+,52+,53+,54+,55+,57+/m1/s1. The molecule has 104 heavy (non-hydrogen) atoms. The molecule has 0 radical (unpaired) electrons. The first-order chi connectivity index (χ1) is 49.4. The monoisotopic (exact) mass is 1450 g/mol. The van der Waals surface area contributed by atoms with Gasteiger partial charge >= 0.3 is 5.97 Å². The largest absolute Gasteiger partial charge is 0.508 e. The van der Waals surface area contributed by atoms with E-state index >= 15 is 0 Å². The number of rotatable bonds is 36. The van der Waals surface area contributed by atoms with Gasteiger partial charge in [0.25, 0.3) is 0 Å². The average molecular weight is 1450 g/mol. The molecule has 7 rings (SSSR count). The molecule has 0 bridgehead atoms. The zero-order valence-electron chi connectivity index (χ0n) is 59.6. The summed E-state index contributed by atoms with van der Waals surface area (Å²) in [6, 6.07) is -2.83. The van der Waals surface area contributed by atoms with Crippen LogP contribution >= 0.6 is 0 Å². The molecular formula is C70H103N17O17. The van der Waals surface area contributed by atoms with Gasteiger partial charge < -0.3 is 105 Å². The molecule has 2 aromatic carbocycles. The third-order valence-corrected chi connectivity index (χ3v) is 19.2. The Kier molecular flexibility index (Phi) is 29.7. The van der Waals surface area contributed by atoms with E-state index in [1.54, 1.807) is 20.0 Å². The number of phenolic OH excluding ortho intramolecular Hbond substituents is 1. The number of nitrogens with two attached hydrogens (primary N) is 4. The van der Waals surface area contributed by atoms with Crippen molar-refractivity contribution in [3.8, 4) is 5.75 Å². The lowest BCUT2D eigenvalue weighted by atomic mass is 10.0. The summed E-state index contributed by atoms with van der Waals surface area (Å²) in [5, 5.41) is 59.5. The van der Waals surface area contributed by atoms with E-state index in [2.05, 4.69) is 47.2 Å². The number of carbonyl (C=O) groups excluding carboxylic acids is 12. The zero-order chi connectivity index (χ0) is 76.2. The van der Waals surface area contributed by atoms with Crippen LogP contribution in [0.15, 0.2) is 59.7 Å². The lowest BCUT2D eigenvalue weighted by Crippen LogP contribution is -2.62. The number of aliphatic imine (C=N–C) groups is 1. The number of nitrogens with one attached hydrogen (secondary N) is 8. The number of carboxylic acid groups (broad SMARTS) is 1. The van der Waals surface area contributed by atoms with Crippen LogP contribution in [-0.2, 0) is 75.2 Å². The number of H-pyrrole nitrogens is 1. The molecule has 4 saturated heterocycles. The fourth-order valence-electron chi connectivity index (χ4n) is 13.9. The second-order valence-corrected chi connectivity index (χ2v) is 28.1. The predicted octanol–water partition coefficient (Wildman–Crippen LogP) is -2.79. The first kappa shape index (κ1) is 81.3. The van der Waals surface area contributed by atoms with Gasteiger partial charge in [-0.05, 0) is 138 Å². The van der Waals surface area contributed by atoms with Crippen molar-refractivity contribution in [2.75, 3.05) is 39.3 Å². The van der Waals surface area contributed by atoms with Gasteiger partial charge in [-0.1, -0.05) is 58.0 Å². The first-order valence-electron chi connectivity index (χ1n) is 35.7. The highest BCUT2D eigenvalue weighted by atomic mass is 16.4. The number of guanidine groups is 1. The van der Waals surface area contributed by atoms with Gasteiger partial charge in [0.2, 0.25) is 70.9 Å². The van der Waals surface area contributed by atoms with E-state index in [0.29, 0.717) is 24.8 Å². The Balaban J connectivity index is 1.03. The minimum absolute atomic E-state index is 0.00701. The molecule has 4 aliphatic heterocycles. The number of carboxylic acids is 1. The Hall–Kier alpha value is -9.96. The second-order valence-electron chi connectivity index (χ2n) is 28.1. The number of hydrogen-bond acceptors (Lipinski definition) is 18. The van der Waals surface area contributed by atoms with Crippen molar-refractivity contribution in [2.45, 2.75) is 216 Å². The lowest BCUT2D eigenvalue weighted by molar-refractivity contribution is -0.149. The van der Waals surface area contributed by atoms with Crippen molar-refractivity contribution in [3.63, 3.8) is 0 Å². The molecule has 4 fully saturated rings. The Labute approximate surface area is 602 Å². The van der Waals surface area contributed by atoms with Gasteiger partial charge in [0.05, 0.1) is 18.8 Å². The van der Waals surface area contributed by atoms with Crippen LogP contribution in [0.3, 0.4) is 0 Å². The van der Waals surface area contributed by atoms with Crippen molar-refractivity contribution >= 4 is 93.7 Å². The van der Waals surface area contributed by atoms with Crippen molar-refractivity contribution in [1.82, 2.24) is 61.8 Å². The molecule has 5 heterocycles. The third-order valence-electron chi connectivity index (χ3n) is 19.2. The molecule has 13 atom stereocenters. The SMILES string of the molecule is CC(C)C[C@H](NC(=O)[C@@H](NC(=O)[C@H](CO)NC(=O)[C@H](Cc1ccc(O)cc1)NC(=O)[C@@H]1CCCN1C(=O)[C@H](CCCN=C(N)N)NC(=O)[C@@H]1CCCN1C(=O)[C@@H]1CCCN1C(=O)[C@H](CC(C)C)NC(=O)[C@H](CCC(N)=O)NC(=O)[C@@H]1CCCN1C(=O)[C@@H](N)Cc1c[nH]c2ccccc12)[C@@H](C)O)C(=O)O. The molecule has 12 amide bonds. The third kappa shape index (κ3) is 22.0. The van der Waals surface area contributed by atoms with E-state index in [-0.39, 0.29) is 140 Å². The summed E-state index contributed by atoms with van der Waals surface area (Å²) >= 11 is 0. The first-order valence-corrected chi connectivity index (χ1v) is 35.7. The number of aromatic nitrogens is 1. The topological polar surface area (TPSA) is 532 Å². The molecule has 3 aromatic rings. The minimum Gasteiger partial charge on any atom is -0.508 e. The Bertz CT molecular complexity index is 3600. The number of nitrogens with zero attached hydrogens (tertiary/aromatic N) is 5. The molecule has 34 heteroatoms. The van der Waals surface area contributed by atoms with Crippen LogP contribution in [0, 0.1) is 11.8 Å². The maximum Gasteiger partial charge on any atom is 0.326 e. The van der Waals surface area contributed by atoms with Crippen LogP contribution < -0.4 is 60.2 Å².